The van der Waals surface area contributed by atoms with Gasteiger partial charge in [-0.25, -0.2) is 0 Å². The first kappa shape index (κ1) is 24.3. The van der Waals surface area contributed by atoms with Crippen LogP contribution in [0, 0.1) is 0 Å². The topological polar surface area (TPSA) is 89.0 Å². The van der Waals surface area contributed by atoms with Gasteiger partial charge in [0.15, 0.2) is 11.5 Å². The average Bonchev–Trinajstić information content (AvgIpc) is 3.11. The SMILES string of the molecule is CCOc1ccc(C2C(=C(O)c3ccc(Cl)cc3)C(=O)C(=O)N2Cc2cccnc2)cc1OCC. The number of hydrogen-bond acceptors (Lipinski definition) is 6. The van der Waals surface area contributed by atoms with Crippen molar-refractivity contribution >= 4 is 29.1 Å². The summed E-state index contributed by atoms with van der Waals surface area (Å²) in [6.45, 7) is 4.73. The van der Waals surface area contributed by atoms with Gasteiger partial charge in [0.25, 0.3) is 11.7 Å². The number of benzene rings is 2. The molecular formula is C27H25ClN2O5. The molecule has 1 aliphatic rings. The number of ether oxygens (including phenoxy) is 2. The number of aliphatic hydroxyl groups is 1. The molecule has 3 aromatic rings. The number of carbonyl (C=O) groups is 2. The highest BCUT2D eigenvalue weighted by Gasteiger charge is 2.46. The predicted molar refractivity (Wildman–Crippen MR) is 132 cm³/mol. The molecule has 0 radical (unpaired) electrons. The van der Waals surface area contributed by atoms with Crippen LogP contribution in [0.15, 0.2) is 72.6 Å². The first-order chi connectivity index (χ1) is 16.9. The molecule has 0 saturated carbocycles. The number of Topliss-reactive ketones (excluding diaryl/α,β-unsaturated/α-hetero) is 1. The Morgan fingerprint density at radius 2 is 1.74 bits per heavy atom. The van der Waals surface area contributed by atoms with Crippen molar-refractivity contribution in [1.29, 1.82) is 0 Å². The maximum absolute atomic E-state index is 13.2. The Morgan fingerprint density at radius 3 is 2.40 bits per heavy atom. The van der Waals surface area contributed by atoms with Crippen molar-refractivity contribution in [3.63, 3.8) is 0 Å². The molecule has 35 heavy (non-hydrogen) atoms. The summed E-state index contributed by atoms with van der Waals surface area (Å²) in [6.07, 6.45) is 3.27. The molecule has 2 aromatic carbocycles. The van der Waals surface area contributed by atoms with E-state index in [0.717, 1.165) is 5.56 Å². The fourth-order valence-corrected chi connectivity index (χ4v) is 4.21. The van der Waals surface area contributed by atoms with Crippen LogP contribution in [0.25, 0.3) is 5.76 Å². The van der Waals surface area contributed by atoms with Gasteiger partial charge < -0.3 is 19.5 Å². The number of aliphatic hydroxyl groups excluding tert-OH is 1. The number of rotatable bonds is 8. The van der Waals surface area contributed by atoms with Crippen LogP contribution < -0.4 is 9.47 Å². The van der Waals surface area contributed by atoms with Gasteiger partial charge in [0.2, 0.25) is 0 Å². The van der Waals surface area contributed by atoms with Gasteiger partial charge in [0.1, 0.15) is 5.76 Å². The summed E-state index contributed by atoms with van der Waals surface area (Å²) in [5.74, 6) is -0.699. The van der Waals surface area contributed by atoms with Crippen LogP contribution in [0.2, 0.25) is 5.02 Å². The molecule has 1 N–H and O–H groups in total. The van der Waals surface area contributed by atoms with Crippen molar-refractivity contribution in [2.75, 3.05) is 13.2 Å². The monoisotopic (exact) mass is 492 g/mol. The minimum absolute atomic E-state index is 0.00665. The Bertz CT molecular complexity index is 1260. The zero-order chi connectivity index (χ0) is 24.9. The molecule has 1 fully saturated rings. The van der Waals surface area contributed by atoms with Crippen molar-refractivity contribution in [3.05, 3.63) is 94.3 Å². The van der Waals surface area contributed by atoms with E-state index in [0.29, 0.717) is 40.9 Å². The second-order valence-electron chi connectivity index (χ2n) is 7.87. The van der Waals surface area contributed by atoms with E-state index in [1.54, 1.807) is 60.9 Å². The summed E-state index contributed by atoms with van der Waals surface area (Å²) >= 11 is 5.99. The number of hydrogen-bond donors (Lipinski definition) is 1. The number of nitrogens with zero attached hydrogens (tertiary/aromatic N) is 2. The lowest BCUT2D eigenvalue weighted by Gasteiger charge is -2.26. The van der Waals surface area contributed by atoms with Crippen molar-refractivity contribution in [2.45, 2.75) is 26.4 Å². The van der Waals surface area contributed by atoms with Gasteiger partial charge in [0, 0.05) is 29.5 Å². The molecule has 180 valence electrons. The summed E-state index contributed by atoms with van der Waals surface area (Å²) in [5, 5.41) is 11.7. The van der Waals surface area contributed by atoms with Crippen LogP contribution in [-0.4, -0.2) is 39.9 Å². The van der Waals surface area contributed by atoms with Gasteiger partial charge in [0.05, 0.1) is 24.8 Å². The lowest BCUT2D eigenvalue weighted by molar-refractivity contribution is -0.140. The summed E-state index contributed by atoms with van der Waals surface area (Å²) < 4.78 is 11.4. The van der Waals surface area contributed by atoms with E-state index in [4.69, 9.17) is 21.1 Å². The van der Waals surface area contributed by atoms with Gasteiger partial charge >= 0.3 is 0 Å². The highest BCUT2D eigenvalue weighted by atomic mass is 35.5. The standard InChI is InChI=1S/C27H25ClN2O5/c1-3-34-21-12-9-19(14-22(21)35-4-2)24-23(25(31)18-7-10-20(28)11-8-18)26(32)27(33)30(24)16-17-6-5-13-29-15-17/h5-15,24,31H,3-4,16H2,1-2H3. The van der Waals surface area contributed by atoms with Crippen LogP contribution in [0.3, 0.4) is 0 Å². The van der Waals surface area contributed by atoms with Gasteiger partial charge in [-0.1, -0.05) is 23.7 Å². The van der Waals surface area contributed by atoms with Gasteiger partial charge in [-0.3, -0.25) is 14.6 Å². The number of carbonyl (C=O) groups excluding carboxylic acids is 2. The van der Waals surface area contributed by atoms with E-state index in [-0.39, 0.29) is 17.9 Å². The second-order valence-corrected chi connectivity index (χ2v) is 8.30. The van der Waals surface area contributed by atoms with E-state index >= 15 is 0 Å². The summed E-state index contributed by atoms with van der Waals surface area (Å²) in [4.78, 5) is 32.0. The van der Waals surface area contributed by atoms with E-state index in [1.165, 1.54) is 4.90 Å². The average molecular weight is 493 g/mol. The number of likely N-dealkylation sites (tertiary alicyclic amines) is 1. The van der Waals surface area contributed by atoms with Crippen LogP contribution >= 0.6 is 11.6 Å². The molecule has 1 atom stereocenters. The molecule has 8 heteroatoms. The predicted octanol–water partition coefficient (Wildman–Crippen LogP) is 5.15. The minimum atomic E-state index is -0.847. The fraction of sp³-hybridized carbons (Fsp3) is 0.222. The molecule has 4 rings (SSSR count). The third-order valence-electron chi connectivity index (χ3n) is 5.62. The Labute approximate surface area is 208 Å². The zero-order valence-corrected chi connectivity index (χ0v) is 20.2. The van der Waals surface area contributed by atoms with Crippen molar-refractivity contribution in [3.8, 4) is 11.5 Å². The van der Waals surface area contributed by atoms with Crippen LogP contribution in [0.5, 0.6) is 11.5 Å². The molecule has 0 bridgehead atoms. The van der Waals surface area contributed by atoms with E-state index < -0.39 is 17.7 Å². The molecule has 1 amide bonds. The smallest absolute Gasteiger partial charge is 0.295 e. The molecule has 7 nitrogen and oxygen atoms in total. The van der Waals surface area contributed by atoms with Crippen molar-refractivity contribution in [2.24, 2.45) is 0 Å². The minimum Gasteiger partial charge on any atom is -0.507 e. The second kappa shape index (κ2) is 10.6. The Morgan fingerprint density at radius 1 is 1.03 bits per heavy atom. The number of amides is 1. The lowest BCUT2D eigenvalue weighted by Crippen LogP contribution is -2.29. The molecule has 0 spiro atoms. The normalized spacial score (nSPS) is 17.0. The van der Waals surface area contributed by atoms with E-state index in [2.05, 4.69) is 4.98 Å². The summed E-state index contributed by atoms with van der Waals surface area (Å²) in [7, 11) is 0. The Balaban J connectivity index is 1.88. The maximum atomic E-state index is 13.2. The van der Waals surface area contributed by atoms with E-state index in [9.17, 15) is 14.7 Å². The van der Waals surface area contributed by atoms with Gasteiger partial charge in [-0.15, -0.1) is 0 Å². The zero-order valence-electron chi connectivity index (χ0n) is 19.4. The van der Waals surface area contributed by atoms with Crippen LogP contribution in [0.1, 0.15) is 36.6 Å². The number of aromatic nitrogens is 1. The first-order valence-electron chi connectivity index (χ1n) is 11.3. The van der Waals surface area contributed by atoms with Crippen LogP contribution in [-0.2, 0) is 16.1 Å². The fourth-order valence-electron chi connectivity index (χ4n) is 4.08. The first-order valence-corrected chi connectivity index (χ1v) is 11.6. The molecule has 2 heterocycles. The van der Waals surface area contributed by atoms with Gasteiger partial charge in [-0.2, -0.15) is 0 Å². The van der Waals surface area contributed by atoms with E-state index in [1.807, 2.05) is 19.9 Å². The molecule has 1 unspecified atom stereocenters. The largest absolute Gasteiger partial charge is 0.507 e. The highest BCUT2D eigenvalue weighted by molar-refractivity contribution is 6.46. The Hall–Kier alpha value is -3.84. The maximum Gasteiger partial charge on any atom is 0.295 e. The number of halogens is 1. The number of pyridine rings is 1. The number of ketones is 1. The highest BCUT2D eigenvalue weighted by Crippen LogP contribution is 2.42. The molecule has 1 aliphatic heterocycles. The van der Waals surface area contributed by atoms with Crippen molar-refractivity contribution < 1.29 is 24.2 Å². The third kappa shape index (κ3) is 5.00. The Kier molecular flexibility index (Phi) is 7.36. The third-order valence-corrected chi connectivity index (χ3v) is 5.87. The molecule has 0 aliphatic carbocycles. The quantitative estimate of drug-likeness (QED) is 0.265. The van der Waals surface area contributed by atoms with Gasteiger partial charge in [-0.05, 0) is 67.4 Å². The summed E-state index contributed by atoms with van der Waals surface area (Å²) in [5.41, 5.74) is 1.74. The summed E-state index contributed by atoms with van der Waals surface area (Å²) in [6, 6.07) is 14.4. The molecule has 1 aromatic heterocycles. The molecule has 1 saturated heterocycles. The van der Waals surface area contributed by atoms with Crippen molar-refractivity contribution in [1.82, 2.24) is 9.88 Å². The van der Waals surface area contributed by atoms with Crippen LogP contribution in [0.4, 0.5) is 0 Å². The lowest BCUT2D eigenvalue weighted by atomic mass is 9.95. The molecular weight excluding hydrogens is 468 g/mol.